The predicted octanol–water partition coefficient (Wildman–Crippen LogP) is 2.32. The summed E-state index contributed by atoms with van der Waals surface area (Å²) in [4.78, 5) is 20.6. The second-order valence-electron chi connectivity index (χ2n) is 3.75. The van der Waals surface area contributed by atoms with Crippen molar-refractivity contribution in [2.75, 3.05) is 17.7 Å². The van der Waals surface area contributed by atoms with Crippen LogP contribution in [0.3, 0.4) is 0 Å². The number of halogens is 1. The minimum Gasteiger partial charge on any atom is -0.378 e. The number of thiophene rings is 1. The Kier molecular flexibility index (Phi) is 3.82. The fraction of sp³-hybridized carbons (Fsp3) is 0.200. The lowest BCUT2D eigenvalue weighted by molar-refractivity contribution is -0.383. The first kappa shape index (κ1) is 13.5. The molecule has 100 valence electrons. The molecule has 0 radical (unpaired) electrons. The molecule has 2 aromatic rings. The molecular weight excluding hydrogens is 290 g/mol. The Morgan fingerprint density at radius 2 is 2.26 bits per heavy atom. The molecule has 0 aliphatic heterocycles. The van der Waals surface area contributed by atoms with Crippen molar-refractivity contribution in [3.05, 3.63) is 37.8 Å². The van der Waals surface area contributed by atoms with Gasteiger partial charge < -0.3 is 10.6 Å². The van der Waals surface area contributed by atoms with Crippen molar-refractivity contribution >= 4 is 40.3 Å². The van der Waals surface area contributed by atoms with Crippen LogP contribution in [-0.2, 0) is 6.54 Å². The Balaban J connectivity index is 2.31. The maximum absolute atomic E-state index is 11.0. The average Bonchev–Trinajstić information content (AvgIpc) is 2.73. The third-order valence-electron chi connectivity index (χ3n) is 2.40. The Bertz CT molecular complexity index is 618. The van der Waals surface area contributed by atoms with Gasteiger partial charge in [0.05, 0.1) is 15.8 Å². The van der Waals surface area contributed by atoms with E-state index < -0.39 is 4.92 Å². The summed E-state index contributed by atoms with van der Waals surface area (Å²) in [7, 11) is 1.70. The van der Waals surface area contributed by atoms with Gasteiger partial charge in [0.15, 0.2) is 0 Å². The van der Waals surface area contributed by atoms with Gasteiger partial charge in [-0.05, 0) is 12.1 Å². The first-order valence-electron chi connectivity index (χ1n) is 5.19. The zero-order valence-corrected chi connectivity index (χ0v) is 11.5. The molecule has 0 unspecified atom stereocenters. The molecule has 2 rings (SSSR count). The summed E-state index contributed by atoms with van der Waals surface area (Å²) in [6.45, 7) is 0.453. The highest BCUT2D eigenvalue weighted by Gasteiger charge is 2.23. The lowest BCUT2D eigenvalue weighted by atomic mass is 10.3. The van der Waals surface area contributed by atoms with Crippen LogP contribution in [0.2, 0.25) is 4.34 Å². The van der Waals surface area contributed by atoms with Gasteiger partial charge in [-0.1, -0.05) is 11.6 Å². The predicted molar refractivity (Wildman–Crippen MR) is 74.5 cm³/mol. The van der Waals surface area contributed by atoms with Gasteiger partial charge in [-0.3, -0.25) is 10.1 Å². The van der Waals surface area contributed by atoms with E-state index in [2.05, 4.69) is 9.97 Å². The first-order valence-corrected chi connectivity index (χ1v) is 6.38. The molecule has 19 heavy (non-hydrogen) atoms. The van der Waals surface area contributed by atoms with E-state index in [-0.39, 0.29) is 17.3 Å². The molecule has 2 N–H and O–H groups in total. The molecule has 0 atom stereocenters. The number of nitrogens with zero attached hydrogens (tertiary/aromatic N) is 4. The van der Waals surface area contributed by atoms with Crippen LogP contribution in [0, 0.1) is 10.1 Å². The number of hydrogen-bond acceptors (Lipinski definition) is 7. The van der Waals surface area contributed by atoms with Crippen molar-refractivity contribution in [3.63, 3.8) is 0 Å². The van der Waals surface area contributed by atoms with Crippen molar-refractivity contribution in [2.24, 2.45) is 0 Å². The van der Waals surface area contributed by atoms with E-state index in [0.29, 0.717) is 10.9 Å². The fourth-order valence-corrected chi connectivity index (χ4v) is 2.72. The topological polar surface area (TPSA) is 98.2 Å². The van der Waals surface area contributed by atoms with Crippen molar-refractivity contribution in [2.45, 2.75) is 6.54 Å². The molecule has 0 aliphatic carbocycles. The number of nitrogens with two attached hydrogens (primary N) is 1. The summed E-state index contributed by atoms with van der Waals surface area (Å²) >= 11 is 7.25. The standard InChI is InChI=1S/C10H10ClN5O2S/c1-15(4-6-2-3-7(11)19-6)10-8(16(17)18)9(12)13-5-14-10/h2-3,5H,4H2,1H3,(H2,12,13,14). The minimum atomic E-state index is -0.581. The number of anilines is 2. The molecule has 2 aromatic heterocycles. The van der Waals surface area contributed by atoms with Crippen molar-refractivity contribution in [1.82, 2.24) is 9.97 Å². The normalized spacial score (nSPS) is 10.4. The van der Waals surface area contributed by atoms with Crippen molar-refractivity contribution in [3.8, 4) is 0 Å². The van der Waals surface area contributed by atoms with Gasteiger partial charge in [0.25, 0.3) is 0 Å². The van der Waals surface area contributed by atoms with Gasteiger partial charge in [0.1, 0.15) is 6.33 Å². The number of aromatic nitrogens is 2. The van der Waals surface area contributed by atoms with Crippen LogP contribution in [0.5, 0.6) is 0 Å². The summed E-state index contributed by atoms with van der Waals surface area (Å²) in [5, 5.41) is 11.0. The van der Waals surface area contributed by atoms with Gasteiger partial charge in [-0.25, -0.2) is 9.97 Å². The maximum Gasteiger partial charge on any atom is 0.353 e. The number of nitrogen functional groups attached to an aromatic ring is 1. The smallest absolute Gasteiger partial charge is 0.353 e. The minimum absolute atomic E-state index is 0.147. The molecule has 9 heteroatoms. The number of nitro groups is 1. The summed E-state index contributed by atoms with van der Waals surface area (Å²) in [5.41, 5.74) is 5.24. The lowest BCUT2D eigenvalue weighted by Crippen LogP contribution is -2.19. The van der Waals surface area contributed by atoms with Gasteiger partial charge >= 0.3 is 5.69 Å². The summed E-state index contributed by atoms with van der Waals surface area (Å²) in [6, 6.07) is 3.64. The van der Waals surface area contributed by atoms with Gasteiger partial charge in [0, 0.05) is 11.9 Å². The number of rotatable bonds is 4. The van der Waals surface area contributed by atoms with E-state index in [4.69, 9.17) is 17.3 Å². The van der Waals surface area contributed by atoms with E-state index in [1.165, 1.54) is 17.7 Å². The third-order valence-corrected chi connectivity index (χ3v) is 3.61. The van der Waals surface area contributed by atoms with Gasteiger partial charge in [-0.15, -0.1) is 11.3 Å². The van der Waals surface area contributed by atoms with Crippen molar-refractivity contribution in [1.29, 1.82) is 0 Å². The maximum atomic E-state index is 11.0. The average molecular weight is 300 g/mol. The molecule has 2 heterocycles. The first-order chi connectivity index (χ1) is 8.99. The summed E-state index contributed by atoms with van der Waals surface area (Å²) in [6.07, 6.45) is 1.20. The largest absolute Gasteiger partial charge is 0.378 e. The van der Waals surface area contributed by atoms with Gasteiger partial charge in [0.2, 0.25) is 11.6 Å². The summed E-state index contributed by atoms with van der Waals surface area (Å²) in [5.74, 6) is 0.0353. The highest BCUT2D eigenvalue weighted by Crippen LogP contribution is 2.31. The van der Waals surface area contributed by atoms with E-state index in [1.807, 2.05) is 6.07 Å². The number of hydrogen-bond donors (Lipinski definition) is 1. The van der Waals surface area contributed by atoms with Crippen LogP contribution in [0.4, 0.5) is 17.3 Å². The Hall–Kier alpha value is -1.93. The molecule has 0 saturated carbocycles. The third kappa shape index (κ3) is 2.91. The van der Waals surface area contributed by atoms with E-state index >= 15 is 0 Å². The summed E-state index contributed by atoms with van der Waals surface area (Å²) < 4.78 is 0.667. The highest BCUT2D eigenvalue weighted by atomic mass is 35.5. The highest BCUT2D eigenvalue weighted by molar-refractivity contribution is 7.16. The molecule has 7 nitrogen and oxygen atoms in total. The molecular formula is C10H10ClN5O2S. The van der Waals surface area contributed by atoms with Crippen LogP contribution in [-0.4, -0.2) is 21.9 Å². The zero-order chi connectivity index (χ0) is 14.0. The Morgan fingerprint density at radius 1 is 1.53 bits per heavy atom. The van der Waals surface area contributed by atoms with Gasteiger partial charge in [-0.2, -0.15) is 0 Å². The Labute approximate surface area is 117 Å². The molecule has 0 amide bonds. The molecule has 0 saturated heterocycles. The van der Waals surface area contributed by atoms with E-state index in [9.17, 15) is 10.1 Å². The molecule has 0 aliphatic rings. The van der Waals surface area contributed by atoms with Crippen LogP contribution >= 0.6 is 22.9 Å². The molecule has 0 aromatic carbocycles. The monoisotopic (exact) mass is 299 g/mol. The second kappa shape index (κ2) is 5.37. The molecule has 0 spiro atoms. The lowest BCUT2D eigenvalue weighted by Gasteiger charge is -2.16. The van der Waals surface area contributed by atoms with Crippen LogP contribution < -0.4 is 10.6 Å². The zero-order valence-electron chi connectivity index (χ0n) is 9.91. The van der Waals surface area contributed by atoms with Crippen LogP contribution in [0.1, 0.15) is 4.88 Å². The SMILES string of the molecule is CN(Cc1ccc(Cl)s1)c1ncnc(N)c1[N+](=O)[O-]. The second-order valence-corrected chi connectivity index (χ2v) is 5.55. The Morgan fingerprint density at radius 3 is 2.84 bits per heavy atom. The van der Waals surface area contributed by atoms with Crippen molar-refractivity contribution < 1.29 is 4.92 Å². The van der Waals surface area contributed by atoms with E-state index in [0.717, 1.165) is 4.88 Å². The molecule has 0 fully saturated rings. The quantitative estimate of drug-likeness (QED) is 0.687. The van der Waals surface area contributed by atoms with Crippen LogP contribution in [0.15, 0.2) is 18.5 Å². The fourth-order valence-electron chi connectivity index (χ4n) is 1.58. The van der Waals surface area contributed by atoms with E-state index in [1.54, 1.807) is 18.0 Å². The van der Waals surface area contributed by atoms with Crippen LogP contribution in [0.25, 0.3) is 0 Å². The molecule has 0 bridgehead atoms.